The lowest BCUT2D eigenvalue weighted by Gasteiger charge is -2.12. The van der Waals surface area contributed by atoms with Gasteiger partial charge in [-0.3, -0.25) is 14.7 Å². The van der Waals surface area contributed by atoms with E-state index >= 15 is 0 Å². The number of carbonyl (C=O) groups is 2. The minimum Gasteiger partial charge on any atom is -0.342 e. The molecule has 2 heterocycles. The fourth-order valence-corrected chi connectivity index (χ4v) is 2.40. The number of rotatable bonds is 4. The Balaban J connectivity index is 0.00000208. The molecule has 0 unspecified atom stereocenters. The van der Waals surface area contributed by atoms with Crippen LogP contribution in [0.2, 0.25) is 0 Å². The Kier molecular flexibility index (Phi) is 5.88. The Morgan fingerprint density at radius 1 is 1.25 bits per heavy atom. The van der Waals surface area contributed by atoms with Gasteiger partial charge in [0, 0.05) is 36.5 Å². The monoisotopic (exact) mass is 353 g/mol. The molecule has 0 radical (unpaired) electrons. The third-order valence-corrected chi connectivity index (χ3v) is 3.56. The van der Waals surface area contributed by atoms with E-state index < -0.39 is 11.8 Å². The predicted octanol–water partition coefficient (Wildman–Crippen LogP) is 0.985. The van der Waals surface area contributed by atoms with Gasteiger partial charge in [-0.15, -0.1) is 12.4 Å². The number of carbonyl (C=O) groups excluding carboxylic acids is 2. The summed E-state index contributed by atoms with van der Waals surface area (Å²) >= 11 is 0. The topological polar surface area (TPSA) is 98.9 Å². The second kappa shape index (κ2) is 7.89. The van der Waals surface area contributed by atoms with Gasteiger partial charge in [0.15, 0.2) is 5.69 Å². The maximum absolute atomic E-state index is 12.8. The smallest absolute Gasteiger partial charge is 0.272 e. The summed E-state index contributed by atoms with van der Waals surface area (Å²) in [4.78, 5) is 23.9. The van der Waals surface area contributed by atoms with Crippen molar-refractivity contribution in [1.29, 1.82) is 0 Å². The minimum absolute atomic E-state index is 0. The number of fused-ring (bicyclic) bond motifs is 1. The lowest BCUT2D eigenvalue weighted by molar-refractivity contribution is -0.115. The van der Waals surface area contributed by atoms with Crippen LogP contribution in [0.25, 0.3) is 0 Å². The summed E-state index contributed by atoms with van der Waals surface area (Å²) in [6.07, 6.45) is 0.792. The van der Waals surface area contributed by atoms with Gasteiger partial charge in [0.25, 0.3) is 5.91 Å². The van der Waals surface area contributed by atoms with Crippen LogP contribution in [0, 0.1) is 5.82 Å². The number of nitrogens with zero attached hydrogens (tertiary/aromatic N) is 1. The third kappa shape index (κ3) is 4.09. The number of nitrogens with one attached hydrogen (secondary N) is 4. The van der Waals surface area contributed by atoms with E-state index in [1.165, 1.54) is 24.3 Å². The van der Waals surface area contributed by atoms with Crippen LogP contribution in [0.15, 0.2) is 24.3 Å². The van der Waals surface area contributed by atoms with Crippen LogP contribution < -0.4 is 16.0 Å². The van der Waals surface area contributed by atoms with Crippen LogP contribution in [-0.2, 0) is 17.8 Å². The third-order valence-electron chi connectivity index (χ3n) is 3.56. The van der Waals surface area contributed by atoms with E-state index in [-0.39, 0.29) is 24.8 Å². The van der Waals surface area contributed by atoms with Crippen molar-refractivity contribution in [3.8, 4) is 0 Å². The maximum Gasteiger partial charge on any atom is 0.272 e. The van der Waals surface area contributed by atoms with Crippen LogP contribution in [0.3, 0.4) is 0 Å². The van der Waals surface area contributed by atoms with E-state index in [0.29, 0.717) is 17.9 Å². The highest BCUT2D eigenvalue weighted by Crippen LogP contribution is 2.15. The molecule has 1 aromatic carbocycles. The van der Waals surface area contributed by atoms with Crippen LogP contribution in [-0.4, -0.2) is 35.1 Å². The maximum atomic E-state index is 12.8. The lowest BCUT2D eigenvalue weighted by atomic mass is 10.1. The Labute approximate surface area is 143 Å². The average molecular weight is 354 g/mol. The number of anilines is 1. The molecule has 9 heteroatoms. The van der Waals surface area contributed by atoms with Gasteiger partial charge in [-0.25, -0.2) is 4.39 Å². The largest absolute Gasteiger partial charge is 0.342 e. The summed E-state index contributed by atoms with van der Waals surface area (Å²) < 4.78 is 12.8. The van der Waals surface area contributed by atoms with Gasteiger partial charge in [-0.05, 0) is 24.3 Å². The molecule has 4 N–H and O–H groups in total. The number of aromatic nitrogens is 2. The van der Waals surface area contributed by atoms with Crippen molar-refractivity contribution in [1.82, 2.24) is 20.8 Å². The molecule has 7 nitrogen and oxygen atoms in total. The van der Waals surface area contributed by atoms with Crippen molar-refractivity contribution >= 4 is 29.9 Å². The van der Waals surface area contributed by atoms with Crippen molar-refractivity contribution in [2.75, 3.05) is 18.4 Å². The Morgan fingerprint density at radius 2 is 2.00 bits per heavy atom. The first-order valence-corrected chi connectivity index (χ1v) is 7.24. The second-order valence-electron chi connectivity index (χ2n) is 5.19. The van der Waals surface area contributed by atoms with Crippen molar-refractivity contribution in [3.05, 3.63) is 47.0 Å². The van der Waals surface area contributed by atoms with E-state index in [0.717, 1.165) is 24.2 Å². The van der Waals surface area contributed by atoms with Crippen LogP contribution in [0.5, 0.6) is 0 Å². The zero-order valence-electron chi connectivity index (χ0n) is 12.7. The molecule has 1 aliphatic heterocycles. The van der Waals surface area contributed by atoms with Crippen LogP contribution >= 0.6 is 12.4 Å². The number of H-pyrrole nitrogens is 1. The molecule has 0 spiro atoms. The molecule has 0 atom stereocenters. The second-order valence-corrected chi connectivity index (χ2v) is 5.19. The van der Waals surface area contributed by atoms with Gasteiger partial charge in [0.05, 0.1) is 6.54 Å². The Morgan fingerprint density at radius 3 is 2.75 bits per heavy atom. The molecule has 0 bridgehead atoms. The molecule has 1 aliphatic rings. The van der Waals surface area contributed by atoms with Gasteiger partial charge in [0.2, 0.25) is 5.91 Å². The summed E-state index contributed by atoms with van der Waals surface area (Å²) in [6.45, 7) is 1.23. The molecular weight excluding hydrogens is 337 g/mol. The number of hydrogen-bond donors (Lipinski definition) is 4. The fourth-order valence-electron chi connectivity index (χ4n) is 2.40. The van der Waals surface area contributed by atoms with Gasteiger partial charge in [-0.2, -0.15) is 5.10 Å². The van der Waals surface area contributed by atoms with Gasteiger partial charge in [-0.1, -0.05) is 0 Å². The minimum atomic E-state index is -0.402. The SMILES string of the molecule is Cl.O=C(CNC(=O)c1n[nH]c2c1CNCC2)Nc1ccc(F)cc1. The number of halogens is 2. The summed E-state index contributed by atoms with van der Waals surface area (Å²) in [7, 11) is 0. The van der Waals surface area contributed by atoms with Crippen molar-refractivity contribution in [3.63, 3.8) is 0 Å². The molecule has 2 aromatic rings. The van der Waals surface area contributed by atoms with E-state index in [2.05, 4.69) is 26.1 Å². The molecule has 24 heavy (non-hydrogen) atoms. The molecule has 1 aromatic heterocycles. The Hall–Kier alpha value is -2.45. The van der Waals surface area contributed by atoms with Gasteiger partial charge in [0.1, 0.15) is 5.82 Å². The van der Waals surface area contributed by atoms with Crippen molar-refractivity contribution < 1.29 is 14.0 Å². The first-order valence-electron chi connectivity index (χ1n) is 7.24. The quantitative estimate of drug-likeness (QED) is 0.658. The molecular formula is C15H17ClFN5O2. The highest BCUT2D eigenvalue weighted by molar-refractivity contribution is 5.99. The summed E-state index contributed by atoms with van der Waals surface area (Å²) in [5.41, 5.74) is 2.56. The van der Waals surface area contributed by atoms with Crippen LogP contribution in [0.4, 0.5) is 10.1 Å². The van der Waals surface area contributed by atoms with Crippen LogP contribution in [0.1, 0.15) is 21.7 Å². The zero-order chi connectivity index (χ0) is 16.2. The summed E-state index contributed by atoms with van der Waals surface area (Å²) in [5.74, 6) is -1.18. The van der Waals surface area contributed by atoms with Crippen molar-refractivity contribution in [2.24, 2.45) is 0 Å². The first-order chi connectivity index (χ1) is 11.1. The van der Waals surface area contributed by atoms with E-state index in [9.17, 15) is 14.0 Å². The van der Waals surface area contributed by atoms with E-state index in [1.54, 1.807) is 0 Å². The van der Waals surface area contributed by atoms with E-state index in [4.69, 9.17) is 0 Å². The number of amides is 2. The molecule has 0 saturated heterocycles. The summed E-state index contributed by atoms with van der Waals surface area (Å²) in [5, 5.41) is 15.1. The molecule has 3 rings (SSSR count). The molecule has 0 aliphatic carbocycles. The average Bonchev–Trinajstić information content (AvgIpc) is 2.99. The van der Waals surface area contributed by atoms with E-state index in [1.807, 2.05) is 0 Å². The van der Waals surface area contributed by atoms with Crippen molar-refractivity contribution in [2.45, 2.75) is 13.0 Å². The molecule has 0 fully saturated rings. The molecule has 128 valence electrons. The highest BCUT2D eigenvalue weighted by atomic mass is 35.5. The zero-order valence-corrected chi connectivity index (χ0v) is 13.5. The number of aromatic amines is 1. The predicted molar refractivity (Wildman–Crippen MR) is 88.6 cm³/mol. The first kappa shape index (κ1) is 17.9. The van der Waals surface area contributed by atoms with Gasteiger partial charge < -0.3 is 16.0 Å². The number of benzene rings is 1. The standard InChI is InChI=1S/C15H16FN5O2.ClH/c16-9-1-3-10(4-2-9)19-13(22)8-18-15(23)14-11-7-17-6-5-12(11)20-21-14;/h1-4,17H,5-8H2,(H,18,23)(H,19,22)(H,20,21);1H. The molecule has 0 saturated carbocycles. The lowest BCUT2D eigenvalue weighted by Crippen LogP contribution is -2.34. The fraction of sp³-hybridized carbons (Fsp3) is 0.267. The number of hydrogen-bond acceptors (Lipinski definition) is 4. The molecule has 2 amide bonds. The van der Waals surface area contributed by atoms with Gasteiger partial charge >= 0.3 is 0 Å². The summed E-state index contributed by atoms with van der Waals surface area (Å²) in [6, 6.07) is 5.39. The Bertz CT molecular complexity index is 732. The highest BCUT2D eigenvalue weighted by Gasteiger charge is 2.21. The normalized spacial score (nSPS) is 12.7.